The molecule has 0 saturated heterocycles. The van der Waals surface area contributed by atoms with E-state index in [1.807, 2.05) is 11.5 Å². The Labute approximate surface area is 162 Å². The van der Waals surface area contributed by atoms with Gasteiger partial charge in [0.1, 0.15) is 5.75 Å². The standard InChI is InChI=1S/C20H22N2O3S2/c1-4-10-22-17-11-14(2)15(3)12-18(17)26-20(22)21-19(23)13-27(24,25)16-8-6-5-7-9-16/h5-9,11-12H,4,10,13H2,1-3H3. The summed E-state index contributed by atoms with van der Waals surface area (Å²) >= 11 is 1.42. The van der Waals surface area contributed by atoms with E-state index >= 15 is 0 Å². The minimum atomic E-state index is -3.70. The molecule has 0 bridgehead atoms. The first-order valence-corrected chi connectivity index (χ1v) is 11.2. The summed E-state index contributed by atoms with van der Waals surface area (Å²) in [4.78, 5) is 17.2. The van der Waals surface area contributed by atoms with E-state index in [4.69, 9.17) is 0 Å². The lowest BCUT2D eigenvalue weighted by Crippen LogP contribution is -2.21. The number of amides is 1. The molecule has 0 atom stereocenters. The minimum Gasteiger partial charge on any atom is -0.316 e. The van der Waals surface area contributed by atoms with Gasteiger partial charge in [0.05, 0.1) is 15.1 Å². The average molecular weight is 403 g/mol. The van der Waals surface area contributed by atoms with E-state index in [9.17, 15) is 13.2 Å². The molecular weight excluding hydrogens is 380 g/mol. The van der Waals surface area contributed by atoms with Crippen LogP contribution in [0.1, 0.15) is 24.5 Å². The summed E-state index contributed by atoms with van der Waals surface area (Å²) < 4.78 is 27.9. The Bertz CT molecular complexity index is 1160. The van der Waals surface area contributed by atoms with Gasteiger partial charge in [-0.25, -0.2) is 8.42 Å². The van der Waals surface area contributed by atoms with Gasteiger partial charge in [-0.15, -0.1) is 0 Å². The van der Waals surface area contributed by atoms with Crippen LogP contribution < -0.4 is 4.80 Å². The van der Waals surface area contributed by atoms with Crippen molar-refractivity contribution in [2.24, 2.45) is 4.99 Å². The predicted molar refractivity (Wildman–Crippen MR) is 109 cm³/mol. The Balaban J connectivity index is 2.02. The van der Waals surface area contributed by atoms with Crippen LogP contribution in [0.5, 0.6) is 0 Å². The van der Waals surface area contributed by atoms with Gasteiger partial charge in [0, 0.05) is 6.54 Å². The highest BCUT2D eigenvalue weighted by molar-refractivity contribution is 7.92. The second kappa shape index (κ2) is 7.78. The maximum absolute atomic E-state index is 12.4. The molecule has 27 heavy (non-hydrogen) atoms. The molecule has 142 valence electrons. The molecule has 0 saturated carbocycles. The van der Waals surface area contributed by atoms with Crippen LogP contribution in [0.3, 0.4) is 0 Å². The summed E-state index contributed by atoms with van der Waals surface area (Å²) in [5.74, 6) is -1.28. The molecule has 3 aromatic rings. The summed E-state index contributed by atoms with van der Waals surface area (Å²) in [5, 5.41) is 0. The molecule has 1 amide bonds. The zero-order valence-electron chi connectivity index (χ0n) is 15.6. The normalized spacial score (nSPS) is 12.6. The summed E-state index contributed by atoms with van der Waals surface area (Å²) in [5.41, 5.74) is 3.38. The van der Waals surface area contributed by atoms with Crippen molar-refractivity contribution in [1.29, 1.82) is 0 Å². The van der Waals surface area contributed by atoms with E-state index in [2.05, 4.69) is 31.0 Å². The lowest BCUT2D eigenvalue weighted by molar-refractivity contribution is -0.115. The third-order valence-electron chi connectivity index (χ3n) is 4.38. The molecule has 2 aromatic carbocycles. The van der Waals surface area contributed by atoms with E-state index in [0.29, 0.717) is 4.80 Å². The van der Waals surface area contributed by atoms with Crippen LogP contribution in [0.15, 0.2) is 52.4 Å². The van der Waals surface area contributed by atoms with Crippen LogP contribution in [0, 0.1) is 13.8 Å². The predicted octanol–water partition coefficient (Wildman–Crippen LogP) is 3.63. The molecule has 0 N–H and O–H groups in total. The Kier molecular flexibility index (Phi) is 5.62. The number of sulfone groups is 1. The molecule has 0 fully saturated rings. The van der Waals surface area contributed by atoms with Crippen LogP contribution in [-0.4, -0.2) is 24.6 Å². The average Bonchev–Trinajstić information content (AvgIpc) is 2.92. The molecular formula is C20H22N2O3S2. The topological polar surface area (TPSA) is 68.5 Å². The number of hydrogen-bond acceptors (Lipinski definition) is 4. The number of nitrogens with zero attached hydrogens (tertiary/aromatic N) is 2. The van der Waals surface area contributed by atoms with E-state index in [-0.39, 0.29) is 4.90 Å². The fourth-order valence-corrected chi connectivity index (χ4v) is 5.14. The zero-order valence-corrected chi connectivity index (χ0v) is 17.2. The second-order valence-electron chi connectivity index (χ2n) is 6.52. The van der Waals surface area contributed by atoms with Crippen molar-refractivity contribution >= 4 is 37.3 Å². The molecule has 3 rings (SSSR count). The van der Waals surface area contributed by atoms with Crippen molar-refractivity contribution in [3.63, 3.8) is 0 Å². The Morgan fingerprint density at radius 3 is 2.44 bits per heavy atom. The summed E-state index contributed by atoms with van der Waals surface area (Å²) in [6.07, 6.45) is 0.891. The third kappa shape index (κ3) is 4.20. The van der Waals surface area contributed by atoms with Crippen LogP contribution >= 0.6 is 11.3 Å². The first-order valence-electron chi connectivity index (χ1n) is 8.78. The molecule has 0 radical (unpaired) electrons. The van der Waals surface area contributed by atoms with E-state index in [0.717, 1.165) is 23.2 Å². The molecule has 5 nitrogen and oxygen atoms in total. The smallest absolute Gasteiger partial charge is 0.263 e. The van der Waals surface area contributed by atoms with E-state index in [1.54, 1.807) is 18.2 Å². The number of benzene rings is 2. The van der Waals surface area contributed by atoms with Crippen LogP contribution in [-0.2, 0) is 21.2 Å². The molecule has 0 spiro atoms. The molecule has 1 aromatic heterocycles. The number of thiazole rings is 1. The molecule has 0 unspecified atom stereocenters. The van der Waals surface area contributed by atoms with Crippen molar-refractivity contribution in [1.82, 2.24) is 4.57 Å². The van der Waals surface area contributed by atoms with Gasteiger partial charge in [0.15, 0.2) is 14.6 Å². The highest BCUT2D eigenvalue weighted by Gasteiger charge is 2.19. The highest BCUT2D eigenvalue weighted by atomic mass is 32.2. The monoisotopic (exact) mass is 402 g/mol. The van der Waals surface area contributed by atoms with Crippen LogP contribution in [0.25, 0.3) is 10.2 Å². The van der Waals surface area contributed by atoms with Gasteiger partial charge >= 0.3 is 0 Å². The maximum Gasteiger partial charge on any atom is 0.263 e. The lowest BCUT2D eigenvalue weighted by Gasteiger charge is -2.05. The van der Waals surface area contributed by atoms with Gasteiger partial charge in [0.2, 0.25) is 0 Å². The SMILES string of the molecule is CCCn1c(=NC(=O)CS(=O)(=O)c2ccccc2)sc2cc(C)c(C)cc21. The summed E-state index contributed by atoms with van der Waals surface area (Å²) in [6, 6.07) is 12.2. The van der Waals surface area contributed by atoms with Crippen molar-refractivity contribution in [2.45, 2.75) is 38.6 Å². The number of fused-ring (bicyclic) bond motifs is 1. The number of rotatable bonds is 5. The third-order valence-corrected chi connectivity index (χ3v) is 7.04. The van der Waals surface area contributed by atoms with Crippen molar-refractivity contribution in [3.05, 3.63) is 58.4 Å². The Hall–Kier alpha value is -2.25. The van der Waals surface area contributed by atoms with Gasteiger partial charge in [-0.2, -0.15) is 4.99 Å². The largest absolute Gasteiger partial charge is 0.316 e. The fraction of sp³-hybridized carbons (Fsp3) is 0.300. The van der Waals surface area contributed by atoms with Gasteiger partial charge in [0.25, 0.3) is 5.91 Å². The molecule has 0 aliphatic rings. The van der Waals surface area contributed by atoms with Crippen LogP contribution in [0.4, 0.5) is 0 Å². The number of carbonyl (C=O) groups is 1. The quantitative estimate of drug-likeness (QED) is 0.654. The van der Waals surface area contributed by atoms with Crippen molar-refractivity contribution in [2.75, 3.05) is 5.75 Å². The van der Waals surface area contributed by atoms with E-state index < -0.39 is 21.5 Å². The number of aromatic nitrogens is 1. The van der Waals surface area contributed by atoms with E-state index in [1.165, 1.54) is 34.6 Å². The Morgan fingerprint density at radius 2 is 1.78 bits per heavy atom. The van der Waals surface area contributed by atoms with Gasteiger partial charge in [-0.1, -0.05) is 36.5 Å². The summed E-state index contributed by atoms with van der Waals surface area (Å²) in [7, 11) is -3.70. The summed E-state index contributed by atoms with van der Waals surface area (Å²) in [6.45, 7) is 6.88. The maximum atomic E-state index is 12.4. The molecule has 0 aliphatic heterocycles. The Morgan fingerprint density at radius 1 is 1.11 bits per heavy atom. The highest BCUT2D eigenvalue weighted by Crippen LogP contribution is 2.22. The van der Waals surface area contributed by atoms with Gasteiger partial charge < -0.3 is 4.57 Å². The van der Waals surface area contributed by atoms with Gasteiger partial charge in [-0.3, -0.25) is 4.79 Å². The molecule has 7 heteroatoms. The van der Waals surface area contributed by atoms with Crippen molar-refractivity contribution in [3.8, 4) is 0 Å². The second-order valence-corrected chi connectivity index (χ2v) is 9.52. The molecule has 0 aliphatic carbocycles. The first kappa shape index (κ1) is 19.5. The fourth-order valence-electron chi connectivity index (χ4n) is 2.86. The number of hydrogen-bond donors (Lipinski definition) is 0. The molecule has 1 heterocycles. The minimum absolute atomic E-state index is 0.137. The number of aryl methyl sites for hydroxylation is 3. The number of carbonyl (C=O) groups excluding carboxylic acids is 1. The van der Waals surface area contributed by atoms with Crippen molar-refractivity contribution < 1.29 is 13.2 Å². The van der Waals surface area contributed by atoms with Crippen LogP contribution in [0.2, 0.25) is 0 Å². The first-order chi connectivity index (χ1) is 12.8. The van der Waals surface area contributed by atoms with Gasteiger partial charge in [-0.05, 0) is 55.7 Å². The lowest BCUT2D eigenvalue weighted by atomic mass is 10.1. The zero-order chi connectivity index (χ0) is 19.6.